The van der Waals surface area contributed by atoms with Crippen molar-refractivity contribution in [3.8, 4) is 5.75 Å². The average molecular weight is 348 g/mol. The number of rotatable bonds is 7. The molecule has 0 fully saturated rings. The van der Waals surface area contributed by atoms with Gasteiger partial charge in [0, 0.05) is 12.6 Å². The quantitative estimate of drug-likeness (QED) is 0.807. The summed E-state index contributed by atoms with van der Waals surface area (Å²) in [5.74, 6) is -1.21. The van der Waals surface area contributed by atoms with E-state index in [0.29, 0.717) is 12.1 Å². The van der Waals surface area contributed by atoms with Gasteiger partial charge in [0.2, 0.25) is 5.91 Å². The van der Waals surface area contributed by atoms with Crippen LogP contribution in [0.1, 0.15) is 31.0 Å². The van der Waals surface area contributed by atoms with E-state index in [-0.39, 0.29) is 11.9 Å². The molecule has 0 spiro atoms. The fourth-order valence-electron chi connectivity index (χ4n) is 2.41. The second-order valence-corrected chi connectivity index (χ2v) is 5.85. The van der Waals surface area contributed by atoms with Crippen molar-refractivity contribution in [2.75, 3.05) is 7.11 Å². The van der Waals surface area contributed by atoms with Gasteiger partial charge in [-0.2, -0.15) is 0 Å². The van der Waals surface area contributed by atoms with E-state index < -0.39 is 17.7 Å². The van der Waals surface area contributed by atoms with E-state index in [9.17, 15) is 13.6 Å². The highest BCUT2D eigenvalue weighted by Crippen LogP contribution is 2.16. The van der Waals surface area contributed by atoms with E-state index in [4.69, 9.17) is 4.74 Å². The highest BCUT2D eigenvalue weighted by molar-refractivity contribution is 5.81. The predicted molar refractivity (Wildman–Crippen MR) is 92.2 cm³/mol. The maximum Gasteiger partial charge on any atom is 0.237 e. The largest absolute Gasteiger partial charge is 0.497 e. The van der Waals surface area contributed by atoms with Crippen LogP contribution in [0.2, 0.25) is 0 Å². The van der Waals surface area contributed by atoms with Crippen LogP contribution in [0.3, 0.4) is 0 Å². The zero-order valence-electron chi connectivity index (χ0n) is 14.5. The van der Waals surface area contributed by atoms with Crippen molar-refractivity contribution in [2.24, 2.45) is 0 Å². The van der Waals surface area contributed by atoms with Gasteiger partial charge < -0.3 is 10.1 Å². The summed E-state index contributed by atoms with van der Waals surface area (Å²) in [5, 5.41) is 5.91. The first-order valence-electron chi connectivity index (χ1n) is 8.02. The number of hydrogen-bond acceptors (Lipinski definition) is 3. The molecule has 25 heavy (non-hydrogen) atoms. The van der Waals surface area contributed by atoms with E-state index >= 15 is 0 Å². The van der Waals surface area contributed by atoms with Crippen LogP contribution in [0, 0.1) is 11.6 Å². The highest BCUT2D eigenvalue weighted by Gasteiger charge is 2.17. The van der Waals surface area contributed by atoms with Gasteiger partial charge in [-0.15, -0.1) is 0 Å². The zero-order chi connectivity index (χ0) is 18.4. The molecular weight excluding hydrogens is 326 g/mol. The van der Waals surface area contributed by atoms with Crippen LogP contribution >= 0.6 is 0 Å². The molecule has 0 aromatic heterocycles. The lowest BCUT2D eigenvalue weighted by Crippen LogP contribution is -2.42. The first-order chi connectivity index (χ1) is 11.9. The van der Waals surface area contributed by atoms with Crippen LogP contribution in [-0.4, -0.2) is 19.1 Å². The van der Waals surface area contributed by atoms with Gasteiger partial charge in [-0.05, 0) is 49.2 Å². The van der Waals surface area contributed by atoms with Crippen molar-refractivity contribution in [3.05, 3.63) is 65.2 Å². The molecule has 1 amide bonds. The monoisotopic (exact) mass is 348 g/mol. The van der Waals surface area contributed by atoms with Gasteiger partial charge in [0.05, 0.1) is 13.2 Å². The molecular formula is C19H22F2N2O2. The highest BCUT2D eigenvalue weighted by atomic mass is 19.2. The fraction of sp³-hybridized carbons (Fsp3) is 0.316. The van der Waals surface area contributed by atoms with E-state index in [1.165, 1.54) is 6.07 Å². The number of nitrogens with one attached hydrogen (secondary N) is 2. The smallest absolute Gasteiger partial charge is 0.237 e. The summed E-state index contributed by atoms with van der Waals surface area (Å²) >= 11 is 0. The van der Waals surface area contributed by atoms with E-state index in [0.717, 1.165) is 23.4 Å². The zero-order valence-corrected chi connectivity index (χ0v) is 14.5. The van der Waals surface area contributed by atoms with Crippen LogP contribution < -0.4 is 15.4 Å². The molecule has 0 heterocycles. The third-order valence-electron chi connectivity index (χ3n) is 3.96. The molecule has 0 saturated heterocycles. The Morgan fingerprint density at radius 3 is 2.36 bits per heavy atom. The molecule has 6 heteroatoms. The van der Waals surface area contributed by atoms with Crippen LogP contribution in [0.5, 0.6) is 5.75 Å². The summed E-state index contributed by atoms with van der Waals surface area (Å²) in [5.41, 5.74) is 1.53. The number of methoxy groups -OCH3 is 1. The molecule has 4 nitrogen and oxygen atoms in total. The number of amides is 1. The van der Waals surface area contributed by atoms with Gasteiger partial charge in [-0.3, -0.25) is 10.1 Å². The Hall–Kier alpha value is -2.47. The Bertz CT molecular complexity index is 720. The van der Waals surface area contributed by atoms with Crippen molar-refractivity contribution in [1.82, 2.24) is 10.6 Å². The van der Waals surface area contributed by atoms with Crippen molar-refractivity contribution in [3.63, 3.8) is 0 Å². The molecule has 0 aliphatic rings. The van der Waals surface area contributed by atoms with Crippen LogP contribution in [0.25, 0.3) is 0 Å². The summed E-state index contributed by atoms with van der Waals surface area (Å²) in [7, 11) is 1.60. The van der Waals surface area contributed by atoms with Crippen molar-refractivity contribution >= 4 is 5.91 Å². The first-order valence-corrected chi connectivity index (χ1v) is 8.02. The van der Waals surface area contributed by atoms with Crippen LogP contribution in [0.15, 0.2) is 42.5 Å². The summed E-state index contributed by atoms with van der Waals surface area (Å²) in [6.45, 7) is 3.91. The van der Waals surface area contributed by atoms with Crippen LogP contribution in [0.4, 0.5) is 8.78 Å². The standard InChI is InChI=1S/C19H22F2N2O2/c1-12(15-6-9-17(20)18(21)10-15)23-13(2)19(24)22-11-14-4-7-16(25-3)8-5-14/h4-10,12-13,23H,11H2,1-3H3,(H,22,24)/t12-,13+/m1/s1. The lowest BCUT2D eigenvalue weighted by molar-refractivity contribution is -0.123. The number of hydrogen-bond donors (Lipinski definition) is 2. The molecule has 2 atom stereocenters. The summed E-state index contributed by atoms with van der Waals surface area (Å²) in [6.07, 6.45) is 0. The van der Waals surface area contributed by atoms with E-state index in [1.807, 2.05) is 24.3 Å². The van der Waals surface area contributed by atoms with Gasteiger partial charge in [-0.1, -0.05) is 18.2 Å². The Morgan fingerprint density at radius 2 is 1.76 bits per heavy atom. The Balaban J connectivity index is 1.87. The normalized spacial score (nSPS) is 13.2. The number of halogens is 2. The van der Waals surface area contributed by atoms with Crippen LogP contribution in [-0.2, 0) is 11.3 Å². The third kappa shape index (κ3) is 5.26. The first kappa shape index (κ1) is 18.9. The van der Waals surface area contributed by atoms with Crippen molar-refractivity contribution < 1.29 is 18.3 Å². The molecule has 2 N–H and O–H groups in total. The molecule has 0 unspecified atom stereocenters. The van der Waals surface area contributed by atoms with Gasteiger partial charge in [0.25, 0.3) is 0 Å². The number of carbonyl (C=O) groups is 1. The van der Waals surface area contributed by atoms with Gasteiger partial charge in [-0.25, -0.2) is 8.78 Å². The summed E-state index contributed by atoms with van der Waals surface area (Å²) in [4.78, 5) is 12.2. The topological polar surface area (TPSA) is 50.4 Å². The van der Waals surface area contributed by atoms with E-state index in [2.05, 4.69) is 10.6 Å². The molecule has 0 bridgehead atoms. The van der Waals surface area contributed by atoms with E-state index in [1.54, 1.807) is 21.0 Å². The molecule has 2 aromatic carbocycles. The number of benzene rings is 2. The lowest BCUT2D eigenvalue weighted by Gasteiger charge is -2.20. The number of carbonyl (C=O) groups excluding carboxylic acids is 1. The third-order valence-corrected chi connectivity index (χ3v) is 3.96. The minimum absolute atomic E-state index is 0.176. The summed E-state index contributed by atoms with van der Waals surface area (Å²) in [6, 6.07) is 10.3. The van der Waals surface area contributed by atoms with Gasteiger partial charge in [0.15, 0.2) is 11.6 Å². The SMILES string of the molecule is COc1ccc(CNC(=O)[C@H](C)N[C@H](C)c2ccc(F)c(F)c2)cc1. The minimum atomic E-state index is -0.900. The predicted octanol–water partition coefficient (Wildman–Crippen LogP) is 3.33. The molecule has 2 aromatic rings. The maximum absolute atomic E-state index is 13.3. The Morgan fingerprint density at radius 1 is 1.08 bits per heavy atom. The van der Waals surface area contributed by atoms with Crippen molar-refractivity contribution in [1.29, 1.82) is 0 Å². The van der Waals surface area contributed by atoms with Gasteiger partial charge in [0.1, 0.15) is 5.75 Å². The molecule has 0 saturated carbocycles. The number of ether oxygens (including phenoxy) is 1. The Kier molecular flexibility index (Phi) is 6.47. The van der Waals surface area contributed by atoms with Gasteiger partial charge >= 0.3 is 0 Å². The second-order valence-electron chi connectivity index (χ2n) is 5.85. The molecule has 2 rings (SSSR count). The Labute approximate surface area is 146 Å². The van der Waals surface area contributed by atoms with Crippen molar-refractivity contribution in [2.45, 2.75) is 32.5 Å². The lowest BCUT2D eigenvalue weighted by atomic mass is 10.1. The molecule has 0 aliphatic heterocycles. The molecule has 0 aliphatic carbocycles. The second kappa shape index (κ2) is 8.58. The molecule has 0 radical (unpaired) electrons. The maximum atomic E-state index is 13.3. The minimum Gasteiger partial charge on any atom is -0.497 e. The summed E-state index contributed by atoms with van der Waals surface area (Å²) < 4.78 is 31.4. The fourth-order valence-corrected chi connectivity index (χ4v) is 2.41. The molecule has 134 valence electrons. The average Bonchev–Trinajstić information content (AvgIpc) is 2.62.